The zero-order valence-corrected chi connectivity index (χ0v) is 15.1. The molecule has 3 N–H and O–H groups in total. The molecule has 0 aliphatic carbocycles. The number of H-pyrrole nitrogens is 1. The number of benzene rings is 1. The summed E-state index contributed by atoms with van der Waals surface area (Å²) in [7, 11) is 0. The van der Waals surface area contributed by atoms with Crippen molar-refractivity contribution in [3.63, 3.8) is 0 Å². The minimum Gasteiger partial charge on any atom is -0.478 e. The lowest BCUT2D eigenvalue weighted by Crippen LogP contribution is -2.15. The summed E-state index contributed by atoms with van der Waals surface area (Å²) >= 11 is 0. The molecule has 2 heterocycles. The van der Waals surface area contributed by atoms with Crippen LogP contribution in [0.5, 0.6) is 0 Å². The Balaban J connectivity index is 1.85. The van der Waals surface area contributed by atoms with Gasteiger partial charge in [0.2, 0.25) is 5.95 Å². The minimum absolute atomic E-state index is 0.0572. The maximum atomic E-state index is 12.5. The number of aromatic nitrogens is 3. The quantitative estimate of drug-likeness (QED) is 0.620. The normalized spacial score (nSPS) is 10.9. The van der Waals surface area contributed by atoms with Crippen molar-refractivity contribution in [3.05, 3.63) is 53.3 Å². The fourth-order valence-electron chi connectivity index (χ4n) is 2.32. The van der Waals surface area contributed by atoms with E-state index in [1.54, 1.807) is 30.3 Å². The van der Waals surface area contributed by atoms with Gasteiger partial charge in [0.05, 0.1) is 11.1 Å². The third kappa shape index (κ3) is 4.30. The van der Waals surface area contributed by atoms with Crippen LogP contribution in [0.2, 0.25) is 0 Å². The Kier molecular flexibility index (Phi) is 4.65. The molecule has 0 saturated heterocycles. The largest absolute Gasteiger partial charge is 0.478 e. The first-order valence-electron chi connectivity index (χ1n) is 8.26. The third-order valence-corrected chi connectivity index (χ3v) is 3.52. The molecule has 1 aromatic carbocycles. The first kappa shape index (κ1) is 18.1. The van der Waals surface area contributed by atoms with Crippen molar-refractivity contribution < 1.29 is 14.7 Å². The highest BCUT2D eigenvalue weighted by Gasteiger charge is 2.15. The molecule has 0 aliphatic rings. The summed E-state index contributed by atoms with van der Waals surface area (Å²) in [6, 6.07) is 9.75. The van der Waals surface area contributed by atoms with E-state index in [0.717, 1.165) is 0 Å². The number of amides is 1. The molecule has 0 unspecified atom stereocenters. The molecule has 7 nitrogen and oxygen atoms in total. The first-order chi connectivity index (χ1) is 12.7. The number of aromatic amines is 1. The van der Waals surface area contributed by atoms with Gasteiger partial charge in [0.1, 0.15) is 16.9 Å². The number of carbonyl (C=O) groups is 2. The highest BCUT2D eigenvalue weighted by atomic mass is 16.4. The SMILES string of the molecule is CC(C)(C)C#Cc1cccc(C(=O)Nc2nc3c(C(=O)O)cccc3[nH]2)n1. The van der Waals surface area contributed by atoms with Crippen LogP contribution in [0.4, 0.5) is 5.95 Å². The van der Waals surface area contributed by atoms with Crippen molar-refractivity contribution >= 4 is 28.9 Å². The number of hydrogen-bond acceptors (Lipinski definition) is 4. The summed E-state index contributed by atoms with van der Waals surface area (Å²) in [6.07, 6.45) is 0. The average Bonchev–Trinajstić information content (AvgIpc) is 3.01. The van der Waals surface area contributed by atoms with E-state index in [1.807, 2.05) is 20.8 Å². The molecule has 0 atom stereocenters. The summed E-state index contributed by atoms with van der Waals surface area (Å²) in [5.74, 6) is 4.62. The Hall–Kier alpha value is -3.66. The van der Waals surface area contributed by atoms with Crippen LogP contribution in [0.1, 0.15) is 47.3 Å². The molecule has 136 valence electrons. The Morgan fingerprint density at radius 2 is 1.85 bits per heavy atom. The maximum absolute atomic E-state index is 12.5. The monoisotopic (exact) mass is 362 g/mol. The van der Waals surface area contributed by atoms with E-state index in [2.05, 4.69) is 32.1 Å². The van der Waals surface area contributed by atoms with Crippen molar-refractivity contribution in [2.45, 2.75) is 20.8 Å². The Bertz CT molecular complexity index is 1100. The second-order valence-corrected chi connectivity index (χ2v) is 6.95. The lowest BCUT2D eigenvalue weighted by atomic mass is 9.98. The first-order valence-corrected chi connectivity index (χ1v) is 8.26. The van der Waals surface area contributed by atoms with Gasteiger partial charge in [-0.15, -0.1) is 0 Å². The number of carbonyl (C=O) groups excluding carboxylic acids is 1. The number of nitrogens with one attached hydrogen (secondary N) is 2. The molecule has 1 amide bonds. The molecule has 0 bridgehead atoms. The molecule has 0 saturated carbocycles. The van der Waals surface area contributed by atoms with E-state index in [0.29, 0.717) is 11.2 Å². The van der Waals surface area contributed by atoms with Gasteiger partial charge >= 0.3 is 5.97 Å². The van der Waals surface area contributed by atoms with Crippen LogP contribution in [0, 0.1) is 17.3 Å². The van der Waals surface area contributed by atoms with E-state index in [-0.39, 0.29) is 28.1 Å². The van der Waals surface area contributed by atoms with E-state index in [4.69, 9.17) is 0 Å². The van der Waals surface area contributed by atoms with Gasteiger partial charge < -0.3 is 10.1 Å². The fourth-order valence-corrected chi connectivity index (χ4v) is 2.32. The van der Waals surface area contributed by atoms with Gasteiger partial charge in [0.15, 0.2) is 0 Å². The summed E-state index contributed by atoms with van der Waals surface area (Å²) in [5.41, 5.74) is 1.36. The summed E-state index contributed by atoms with van der Waals surface area (Å²) in [5, 5.41) is 11.8. The predicted octanol–water partition coefficient (Wildman–Crippen LogP) is 3.31. The Labute approximate surface area is 155 Å². The standard InChI is InChI=1S/C20H18N4O3/c1-20(2,3)11-10-12-6-4-9-15(21-12)17(25)24-19-22-14-8-5-7-13(18(26)27)16(14)23-19/h4-9H,1-3H3,(H,26,27)(H2,22,23,24,25). The molecule has 7 heteroatoms. The number of rotatable bonds is 3. The number of pyridine rings is 1. The van der Waals surface area contributed by atoms with Crippen LogP contribution in [0.15, 0.2) is 36.4 Å². The molecule has 0 fully saturated rings. The number of imidazole rings is 1. The van der Waals surface area contributed by atoms with Crippen LogP contribution in [-0.4, -0.2) is 31.9 Å². The lowest BCUT2D eigenvalue weighted by Gasteiger charge is -2.06. The van der Waals surface area contributed by atoms with Gasteiger partial charge in [-0.05, 0) is 51.0 Å². The lowest BCUT2D eigenvalue weighted by molar-refractivity contribution is 0.0698. The van der Waals surface area contributed by atoms with Crippen molar-refractivity contribution in [3.8, 4) is 11.8 Å². The van der Waals surface area contributed by atoms with Crippen molar-refractivity contribution in [1.29, 1.82) is 0 Å². The molecule has 3 rings (SSSR count). The van der Waals surface area contributed by atoms with Gasteiger partial charge in [-0.1, -0.05) is 18.1 Å². The number of fused-ring (bicyclic) bond motifs is 1. The smallest absolute Gasteiger partial charge is 0.337 e. The molecule has 27 heavy (non-hydrogen) atoms. The Morgan fingerprint density at radius 3 is 2.56 bits per heavy atom. The van der Waals surface area contributed by atoms with E-state index >= 15 is 0 Å². The van der Waals surface area contributed by atoms with Crippen molar-refractivity contribution in [1.82, 2.24) is 15.0 Å². The zero-order valence-electron chi connectivity index (χ0n) is 15.1. The number of hydrogen-bond donors (Lipinski definition) is 3. The summed E-state index contributed by atoms with van der Waals surface area (Å²) in [6.45, 7) is 5.97. The number of para-hydroxylation sites is 1. The number of aromatic carboxylic acids is 1. The van der Waals surface area contributed by atoms with Crippen LogP contribution >= 0.6 is 0 Å². The van der Waals surface area contributed by atoms with Crippen LogP contribution in [0.3, 0.4) is 0 Å². The number of carboxylic acids is 1. The van der Waals surface area contributed by atoms with Crippen molar-refractivity contribution in [2.24, 2.45) is 5.41 Å². The van der Waals surface area contributed by atoms with E-state index < -0.39 is 11.9 Å². The summed E-state index contributed by atoms with van der Waals surface area (Å²) in [4.78, 5) is 35.0. The summed E-state index contributed by atoms with van der Waals surface area (Å²) < 4.78 is 0. The van der Waals surface area contributed by atoms with Crippen LogP contribution < -0.4 is 5.32 Å². The van der Waals surface area contributed by atoms with Crippen molar-refractivity contribution in [2.75, 3.05) is 5.32 Å². The molecule has 0 spiro atoms. The molecule has 2 aromatic heterocycles. The topological polar surface area (TPSA) is 108 Å². The van der Waals surface area contributed by atoms with Gasteiger partial charge in [-0.2, -0.15) is 0 Å². The highest BCUT2D eigenvalue weighted by molar-refractivity contribution is 6.04. The molecule has 0 aliphatic heterocycles. The average molecular weight is 362 g/mol. The maximum Gasteiger partial charge on any atom is 0.337 e. The Morgan fingerprint density at radius 1 is 1.11 bits per heavy atom. The minimum atomic E-state index is -1.09. The molecular formula is C20H18N4O3. The van der Waals surface area contributed by atoms with E-state index in [9.17, 15) is 14.7 Å². The molecular weight excluding hydrogens is 344 g/mol. The number of carboxylic acid groups (broad SMARTS) is 1. The second kappa shape index (κ2) is 6.92. The third-order valence-electron chi connectivity index (χ3n) is 3.52. The number of nitrogens with zero attached hydrogens (tertiary/aromatic N) is 2. The second-order valence-electron chi connectivity index (χ2n) is 6.95. The van der Waals surface area contributed by atoms with Gasteiger partial charge in [-0.3, -0.25) is 10.1 Å². The van der Waals surface area contributed by atoms with Crippen LogP contribution in [0.25, 0.3) is 11.0 Å². The zero-order chi connectivity index (χ0) is 19.6. The highest BCUT2D eigenvalue weighted by Crippen LogP contribution is 2.19. The van der Waals surface area contributed by atoms with Gasteiger partial charge in [0, 0.05) is 5.41 Å². The molecule has 3 aromatic rings. The predicted molar refractivity (Wildman–Crippen MR) is 102 cm³/mol. The van der Waals surface area contributed by atoms with Gasteiger partial charge in [-0.25, -0.2) is 14.8 Å². The molecule has 0 radical (unpaired) electrons. The van der Waals surface area contributed by atoms with E-state index in [1.165, 1.54) is 6.07 Å². The number of anilines is 1. The van der Waals surface area contributed by atoms with Crippen LogP contribution in [-0.2, 0) is 0 Å². The van der Waals surface area contributed by atoms with Gasteiger partial charge in [0.25, 0.3) is 5.91 Å². The fraction of sp³-hybridized carbons (Fsp3) is 0.200.